The summed E-state index contributed by atoms with van der Waals surface area (Å²) in [6, 6.07) is 0. The molecule has 0 aliphatic heterocycles. The first-order chi connectivity index (χ1) is 9.54. The molecule has 0 aliphatic rings. The van der Waals surface area contributed by atoms with Crippen LogP contribution in [0.4, 0.5) is 0 Å². The van der Waals surface area contributed by atoms with Crippen LogP contribution in [0.2, 0.25) is 0 Å². The lowest BCUT2D eigenvalue weighted by Crippen LogP contribution is -2.10. The van der Waals surface area contributed by atoms with Crippen molar-refractivity contribution in [1.82, 2.24) is 0 Å². The van der Waals surface area contributed by atoms with Crippen molar-refractivity contribution in [2.75, 3.05) is 13.2 Å². The zero-order valence-electron chi connectivity index (χ0n) is 13.1. The normalized spacial score (nSPS) is 14.2. The number of aliphatic hydroxyl groups is 2. The Kier molecular flexibility index (Phi) is 11.4. The molecule has 0 aliphatic carbocycles. The van der Waals surface area contributed by atoms with Crippen LogP contribution in [0.25, 0.3) is 0 Å². The van der Waals surface area contributed by atoms with Crippen molar-refractivity contribution in [1.29, 1.82) is 0 Å². The van der Waals surface area contributed by atoms with Gasteiger partial charge in [-0.25, -0.2) is 0 Å². The SMILES string of the molecule is C=C(/C=C\C(=C/C)C(O)O)COCC(CC)CCCC. The maximum absolute atomic E-state index is 9.06. The van der Waals surface area contributed by atoms with E-state index < -0.39 is 6.29 Å². The van der Waals surface area contributed by atoms with Gasteiger partial charge in [0.1, 0.15) is 0 Å². The molecule has 116 valence electrons. The third-order valence-electron chi connectivity index (χ3n) is 3.33. The molecule has 0 aromatic rings. The lowest BCUT2D eigenvalue weighted by Gasteiger charge is -2.14. The monoisotopic (exact) mass is 282 g/mol. The van der Waals surface area contributed by atoms with E-state index in [1.165, 1.54) is 19.3 Å². The Hall–Kier alpha value is -0.900. The summed E-state index contributed by atoms with van der Waals surface area (Å²) in [6.07, 6.45) is 8.47. The van der Waals surface area contributed by atoms with Crippen LogP contribution < -0.4 is 0 Å². The van der Waals surface area contributed by atoms with Gasteiger partial charge in [-0.2, -0.15) is 0 Å². The van der Waals surface area contributed by atoms with Crippen molar-refractivity contribution >= 4 is 0 Å². The zero-order valence-corrected chi connectivity index (χ0v) is 13.1. The van der Waals surface area contributed by atoms with Gasteiger partial charge in [-0.1, -0.05) is 57.9 Å². The molecule has 0 saturated carbocycles. The molecule has 0 spiro atoms. The Morgan fingerprint density at radius 2 is 1.95 bits per heavy atom. The molecule has 0 rings (SSSR count). The molecule has 0 aromatic carbocycles. The van der Waals surface area contributed by atoms with Crippen LogP contribution >= 0.6 is 0 Å². The first-order valence-corrected chi connectivity index (χ1v) is 7.51. The minimum atomic E-state index is -1.44. The summed E-state index contributed by atoms with van der Waals surface area (Å²) >= 11 is 0. The molecule has 0 aromatic heterocycles. The second-order valence-corrected chi connectivity index (χ2v) is 5.09. The van der Waals surface area contributed by atoms with Crippen molar-refractivity contribution in [2.24, 2.45) is 5.92 Å². The molecule has 3 nitrogen and oxygen atoms in total. The summed E-state index contributed by atoms with van der Waals surface area (Å²) in [5, 5.41) is 18.1. The van der Waals surface area contributed by atoms with E-state index in [1.54, 1.807) is 25.2 Å². The Morgan fingerprint density at radius 1 is 1.25 bits per heavy atom. The smallest absolute Gasteiger partial charge is 0.178 e. The molecule has 0 fully saturated rings. The highest BCUT2D eigenvalue weighted by molar-refractivity contribution is 5.27. The maximum Gasteiger partial charge on any atom is 0.178 e. The molecule has 1 unspecified atom stereocenters. The Bertz CT molecular complexity index is 316. The molecule has 0 amide bonds. The lowest BCUT2D eigenvalue weighted by atomic mass is 10.0. The van der Waals surface area contributed by atoms with Gasteiger partial charge in [0.05, 0.1) is 6.61 Å². The maximum atomic E-state index is 9.06. The van der Waals surface area contributed by atoms with Crippen LogP contribution in [0, 0.1) is 5.92 Å². The Labute approximate surface area is 123 Å². The molecule has 20 heavy (non-hydrogen) atoms. The molecule has 3 heteroatoms. The van der Waals surface area contributed by atoms with Gasteiger partial charge in [0.2, 0.25) is 0 Å². The van der Waals surface area contributed by atoms with Crippen LogP contribution in [-0.4, -0.2) is 29.7 Å². The molecule has 0 radical (unpaired) electrons. The first-order valence-electron chi connectivity index (χ1n) is 7.51. The summed E-state index contributed by atoms with van der Waals surface area (Å²) in [6.45, 7) is 11.3. The third kappa shape index (κ3) is 9.08. The fourth-order valence-electron chi connectivity index (χ4n) is 1.85. The fraction of sp³-hybridized carbons (Fsp3) is 0.647. The molecular formula is C17H30O3. The quantitative estimate of drug-likeness (QED) is 0.450. The average Bonchev–Trinajstić information content (AvgIpc) is 2.42. The highest BCUT2D eigenvalue weighted by Gasteiger charge is 2.06. The molecule has 0 bridgehead atoms. The Morgan fingerprint density at radius 3 is 2.45 bits per heavy atom. The highest BCUT2D eigenvalue weighted by atomic mass is 16.5. The second kappa shape index (κ2) is 11.9. The number of ether oxygens (including phenoxy) is 1. The predicted octanol–water partition coefficient (Wildman–Crippen LogP) is 3.59. The van der Waals surface area contributed by atoms with Gasteiger partial charge in [0, 0.05) is 12.2 Å². The van der Waals surface area contributed by atoms with Crippen LogP contribution in [0.5, 0.6) is 0 Å². The van der Waals surface area contributed by atoms with E-state index in [0.717, 1.165) is 18.6 Å². The van der Waals surface area contributed by atoms with Crippen LogP contribution in [0.3, 0.4) is 0 Å². The molecule has 2 N–H and O–H groups in total. The summed E-state index contributed by atoms with van der Waals surface area (Å²) in [4.78, 5) is 0. The van der Waals surface area contributed by atoms with Gasteiger partial charge in [-0.15, -0.1) is 0 Å². The summed E-state index contributed by atoms with van der Waals surface area (Å²) in [5.41, 5.74) is 1.29. The largest absolute Gasteiger partial charge is 0.377 e. The topological polar surface area (TPSA) is 49.7 Å². The van der Waals surface area contributed by atoms with E-state index >= 15 is 0 Å². The number of hydrogen-bond acceptors (Lipinski definition) is 3. The minimum Gasteiger partial charge on any atom is -0.377 e. The van der Waals surface area contributed by atoms with E-state index in [0.29, 0.717) is 18.1 Å². The van der Waals surface area contributed by atoms with E-state index in [-0.39, 0.29) is 0 Å². The van der Waals surface area contributed by atoms with Gasteiger partial charge in [-0.05, 0) is 24.8 Å². The van der Waals surface area contributed by atoms with E-state index in [4.69, 9.17) is 14.9 Å². The van der Waals surface area contributed by atoms with Crippen LogP contribution in [-0.2, 0) is 4.74 Å². The first kappa shape index (κ1) is 19.1. The highest BCUT2D eigenvalue weighted by Crippen LogP contribution is 2.13. The number of rotatable bonds is 11. The van der Waals surface area contributed by atoms with Crippen molar-refractivity contribution in [3.8, 4) is 0 Å². The van der Waals surface area contributed by atoms with Gasteiger partial charge in [0.25, 0.3) is 0 Å². The second-order valence-electron chi connectivity index (χ2n) is 5.09. The number of hydrogen-bond donors (Lipinski definition) is 2. The van der Waals surface area contributed by atoms with Gasteiger partial charge in [-0.3, -0.25) is 0 Å². The minimum absolute atomic E-state index is 0.459. The number of aliphatic hydroxyl groups excluding tert-OH is 1. The molecule has 0 saturated heterocycles. The summed E-state index contributed by atoms with van der Waals surface area (Å²) < 4.78 is 5.68. The van der Waals surface area contributed by atoms with E-state index in [2.05, 4.69) is 20.4 Å². The van der Waals surface area contributed by atoms with Crippen LogP contribution in [0.1, 0.15) is 46.5 Å². The zero-order chi connectivity index (χ0) is 15.4. The van der Waals surface area contributed by atoms with Gasteiger partial charge >= 0.3 is 0 Å². The van der Waals surface area contributed by atoms with Crippen molar-refractivity contribution in [2.45, 2.75) is 52.7 Å². The van der Waals surface area contributed by atoms with Crippen LogP contribution in [0.15, 0.2) is 36.0 Å². The number of unbranched alkanes of at least 4 members (excludes halogenated alkanes) is 1. The van der Waals surface area contributed by atoms with Gasteiger partial charge < -0.3 is 14.9 Å². The Balaban J connectivity index is 4.01. The van der Waals surface area contributed by atoms with E-state index in [9.17, 15) is 0 Å². The molecular weight excluding hydrogens is 252 g/mol. The third-order valence-corrected chi connectivity index (χ3v) is 3.33. The summed E-state index contributed by atoms with van der Waals surface area (Å²) in [7, 11) is 0. The van der Waals surface area contributed by atoms with Crippen molar-refractivity contribution in [3.63, 3.8) is 0 Å². The lowest BCUT2D eigenvalue weighted by molar-refractivity contribution is -0.00495. The van der Waals surface area contributed by atoms with Gasteiger partial charge in [0.15, 0.2) is 6.29 Å². The standard InChI is InChI=1S/C17H30O3/c1-5-8-9-15(6-2)13-20-12-14(4)10-11-16(7-3)17(18)19/h7,10-11,15,17-19H,4-6,8-9,12-13H2,1-3H3/b11-10-,16-7+. The predicted molar refractivity (Wildman–Crippen MR) is 84.4 cm³/mol. The fourth-order valence-corrected chi connectivity index (χ4v) is 1.85. The van der Waals surface area contributed by atoms with E-state index in [1.807, 2.05) is 0 Å². The van der Waals surface area contributed by atoms with Crippen molar-refractivity contribution < 1.29 is 14.9 Å². The molecule has 1 atom stereocenters. The van der Waals surface area contributed by atoms with Crippen molar-refractivity contribution in [3.05, 3.63) is 36.0 Å². The molecule has 0 heterocycles. The summed E-state index contributed by atoms with van der Waals surface area (Å²) in [5.74, 6) is 0.622. The average molecular weight is 282 g/mol. The number of allylic oxidation sites excluding steroid dienone is 1.